The number of pyridine rings is 2. The number of ether oxygens (including phenoxy) is 1. The first-order valence-electron chi connectivity index (χ1n) is 13.9. The molecule has 1 N–H and O–H groups in total. The van der Waals surface area contributed by atoms with Gasteiger partial charge in [0.2, 0.25) is 5.91 Å². The molecule has 1 amide bonds. The maximum Gasteiger partial charge on any atom is 0.350 e. The van der Waals surface area contributed by atoms with E-state index in [0.717, 1.165) is 5.82 Å². The fourth-order valence-corrected chi connectivity index (χ4v) is 6.84. The monoisotopic (exact) mass is 605 g/mol. The quantitative estimate of drug-likeness (QED) is 0.431. The molecule has 4 heterocycles. The summed E-state index contributed by atoms with van der Waals surface area (Å²) in [6.07, 6.45) is 1.98. The lowest BCUT2D eigenvalue weighted by molar-refractivity contribution is -0.126. The summed E-state index contributed by atoms with van der Waals surface area (Å²) < 4.78 is 72.5. The molecule has 5 rings (SSSR count). The molecule has 0 unspecified atom stereocenters. The number of hydrogen-bond acceptors (Lipinski definition) is 7. The second kappa shape index (κ2) is 12.1. The lowest BCUT2D eigenvalue weighted by Gasteiger charge is -2.36. The average Bonchev–Trinajstić information content (AvgIpc) is 2.95. The number of nitrogens with one attached hydrogen (secondary N) is 1. The minimum atomic E-state index is -4.78. The number of morpholine rings is 1. The van der Waals surface area contributed by atoms with Crippen LogP contribution in [-0.4, -0.2) is 72.7 Å². The number of nitrogens with zero attached hydrogens (tertiary/aromatic N) is 4. The fraction of sp³-hybridized carbons (Fsp3) is 0.483. The Kier molecular flexibility index (Phi) is 8.72. The van der Waals surface area contributed by atoms with E-state index < -0.39 is 33.4 Å². The second-order valence-corrected chi connectivity index (χ2v) is 13.1. The van der Waals surface area contributed by atoms with Crippen LogP contribution in [-0.2, 0) is 26.1 Å². The van der Waals surface area contributed by atoms with Gasteiger partial charge in [-0.05, 0) is 50.5 Å². The van der Waals surface area contributed by atoms with Gasteiger partial charge in [-0.3, -0.25) is 9.78 Å². The molecule has 0 bridgehead atoms. The van der Waals surface area contributed by atoms with Gasteiger partial charge in [-0.1, -0.05) is 19.1 Å². The third-order valence-electron chi connectivity index (χ3n) is 7.67. The number of sulfonamides is 1. The number of fused-ring (bicyclic) bond motifs is 1. The van der Waals surface area contributed by atoms with Crippen molar-refractivity contribution in [1.82, 2.24) is 19.6 Å². The molecule has 9 nitrogen and oxygen atoms in total. The van der Waals surface area contributed by atoms with Crippen LogP contribution in [0.5, 0.6) is 0 Å². The van der Waals surface area contributed by atoms with Gasteiger partial charge in [-0.15, -0.1) is 0 Å². The Morgan fingerprint density at radius 1 is 1.10 bits per heavy atom. The Bertz CT molecular complexity index is 1560. The number of aromatic nitrogens is 2. The van der Waals surface area contributed by atoms with Crippen LogP contribution in [0.4, 0.5) is 19.0 Å². The van der Waals surface area contributed by atoms with Crippen LogP contribution in [0.25, 0.3) is 22.0 Å². The molecule has 0 aliphatic carbocycles. The van der Waals surface area contributed by atoms with Crippen molar-refractivity contribution in [3.63, 3.8) is 0 Å². The summed E-state index contributed by atoms with van der Waals surface area (Å²) in [6.45, 7) is 6.67. The van der Waals surface area contributed by atoms with Crippen molar-refractivity contribution >= 4 is 32.5 Å². The number of piperidine rings is 1. The molecule has 42 heavy (non-hydrogen) atoms. The summed E-state index contributed by atoms with van der Waals surface area (Å²) in [4.78, 5) is 24.1. The fourth-order valence-electron chi connectivity index (χ4n) is 5.77. The first-order valence-corrected chi connectivity index (χ1v) is 15.4. The number of carbonyl (C=O) groups is 1. The minimum Gasteiger partial charge on any atom is -0.372 e. The maximum atomic E-state index is 15.9. The highest BCUT2D eigenvalue weighted by Gasteiger charge is 2.39. The Morgan fingerprint density at radius 3 is 2.55 bits per heavy atom. The van der Waals surface area contributed by atoms with E-state index in [-0.39, 0.29) is 37.8 Å². The number of hydrogen-bond donors (Lipinski definition) is 1. The predicted molar refractivity (Wildman–Crippen MR) is 153 cm³/mol. The highest BCUT2D eigenvalue weighted by molar-refractivity contribution is 7.89. The van der Waals surface area contributed by atoms with Crippen molar-refractivity contribution in [2.24, 2.45) is 11.8 Å². The van der Waals surface area contributed by atoms with Gasteiger partial charge in [-0.25, -0.2) is 17.8 Å². The molecule has 3 aromatic rings. The molecule has 0 spiro atoms. The van der Waals surface area contributed by atoms with Crippen LogP contribution in [0.1, 0.15) is 32.9 Å². The SMILES string of the molecule is C[C@@H]1C[C@H](C(=O)NCc2cc3c(F)c(-c4cccc(N5C[C@@H](C)O[C@@H](C)C5)n4)ccc3cn2)CN(S(=O)(=O)C(F)F)C1. The van der Waals surface area contributed by atoms with E-state index in [1.807, 2.05) is 26.0 Å². The van der Waals surface area contributed by atoms with Crippen molar-refractivity contribution in [3.8, 4) is 11.3 Å². The van der Waals surface area contributed by atoms with Crippen LogP contribution in [0.15, 0.2) is 42.6 Å². The highest BCUT2D eigenvalue weighted by atomic mass is 32.2. The van der Waals surface area contributed by atoms with Gasteiger partial charge in [0, 0.05) is 48.7 Å². The van der Waals surface area contributed by atoms with Gasteiger partial charge >= 0.3 is 5.76 Å². The second-order valence-electron chi connectivity index (χ2n) is 11.2. The van der Waals surface area contributed by atoms with Crippen LogP contribution >= 0.6 is 0 Å². The summed E-state index contributed by atoms with van der Waals surface area (Å²) in [5.41, 5.74) is 1.21. The number of alkyl halides is 2. The summed E-state index contributed by atoms with van der Waals surface area (Å²) >= 11 is 0. The van der Waals surface area contributed by atoms with Crippen molar-refractivity contribution < 1.29 is 31.1 Å². The number of amides is 1. The summed E-state index contributed by atoms with van der Waals surface area (Å²) in [5, 5.41) is 3.60. The van der Waals surface area contributed by atoms with E-state index in [4.69, 9.17) is 9.72 Å². The Hall–Kier alpha value is -3.29. The normalized spacial score (nSPS) is 23.8. The van der Waals surface area contributed by atoms with Crippen LogP contribution in [0, 0.1) is 17.7 Å². The molecule has 13 heteroatoms. The molecule has 226 valence electrons. The van der Waals surface area contributed by atoms with Crippen molar-refractivity contribution in [2.75, 3.05) is 31.1 Å². The molecule has 2 saturated heterocycles. The molecule has 0 radical (unpaired) electrons. The van der Waals surface area contributed by atoms with Crippen molar-refractivity contribution in [2.45, 2.75) is 51.7 Å². The highest BCUT2D eigenvalue weighted by Crippen LogP contribution is 2.30. The molecule has 2 fully saturated rings. The number of carbonyl (C=O) groups excluding carboxylic acids is 1. The molecular weight excluding hydrogens is 571 g/mol. The van der Waals surface area contributed by atoms with Crippen molar-refractivity contribution in [3.05, 3.63) is 54.1 Å². The van der Waals surface area contributed by atoms with Gasteiger partial charge in [0.15, 0.2) is 0 Å². The summed E-state index contributed by atoms with van der Waals surface area (Å²) in [6, 6.07) is 10.5. The molecule has 2 aromatic heterocycles. The molecule has 4 atom stereocenters. The minimum absolute atomic E-state index is 0.0357. The average molecular weight is 606 g/mol. The molecule has 2 aliphatic rings. The smallest absolute Gasteiger partial charge is 0.350 e. The molecular formula is C29H34F3N5O4S. The van der Waals surface area contributed by atoms with E-state index in [9.17, 15) is 22.0 Å². The Labute approximate surface area is 243 Å². The zero-order valence-corrected chi connectivity index (χ0v) is 24.5. The topological polar surface area (TPSA) is 105 Å². The number of benzene rings is 1. The van der Waals surface area contributed by atoms with Gasteiger partial charge in [-0.2, -0.15) is 13.1 Å². The lowest BCUT2D eigenvalue weighted by atomic mass is 9.91. The van der Waals surface area contributed by atoms with Gasteiger partial charge in [0.05, 0.1) is 36.1 Å². The molecule has 0 saturated carbocycles. The van der Waals surface area contributed by atoms with Crippen LogP contribution < -0.4 is 10.2 Å². The number of halogens is 3. The predicted octanol–water partition coefficient (Wildman–Crippen LogP) is 4.18. The number of anilines is 1. The number of rotatable bonds is 7. The van der Waals surface area contributed by atoms with E-state index >= 15 is 4.39 Å². The van der Waals surface area contributed by atoms with E-state index in [1.165, 1.54) is 6.20 Å². The summed E-state index contributed by atoms with van der Waals surface area (Å²) in [5.74, 6) is -4.80. The molecule has 2 aliphatic heterocycles. The van der Waals surface area contributed by atoms with Crippen molar-refractivity contribution in [1.29, 1.82) is 0 Å². The zero-order valence-electron chi connectivity index (χ0n) is 23.6. The maximum absolute atomic E-state index is 15.9. The van der Waals surface area contributed by atoms with E-state index in [0.29, 0.717) is 51.5 Å². The van der Waals surface area contributed by atoms with E-state index in [1.54, 1.807) is 31.2 Å². The van der Waals surface area contributed by atoms with Gasteiger partial charge in [0.1, 0.15) is 11.6 Å². The third-order valence-corrected chi connectivity index (χ3v) is 9.14. The van der Waals surface area contributed by atoms with E-state index in [2.05, 4.69) is 15.2 Å². The standard InChI is InChI=1S/C29H34F3N5O4S/c1-17-9-21(16-37(13-17)42(39,40)29(31)32)28(38)34-12-22-10-24-20(11-33-22)7-8-23(27(24)30)25-5-4-6-26(35-25)36-14-18(2)41-19(3)15-36/h4-8,10-11,17-19,21,29H,9,12-16H2,1-3H3,(H,34,38)/t17-,18-,19+,21+/m1/s1. The van der Waals surface area contributed by atoms with Crippen LogP contribution in [0.2, 0.25) is 0 Å². The summed E-state index contributed by atoms with van der Waals surface area (Å²) in [7, 11) is -4.78. The van der Waals surface area contributed by atoms with Crippen LogP contribution in [0.3, 0.4) is 0 Å². The van der Waals surface area contributed by atoms with Gasteiger partial charge in [0.25, 0.3) is 10.0 Å². The van der Waals surface area contributed by atoms with Gasteiger partial charge < -0.3 is 15.0 Å². The third kappa shape index (κ3) is 6.37. The lowest BCUT2D eigenvalue weighted by Crippen LogP contribution is -2.49. The zero-order chi connectivity index (χ0) is 30.2. The molecule has 1 aromatic carbocycles. The largest absolute Gasteiger partial charge is 0.372 e. The first-order chi connectivity index (χ1) is 19.9. The Morgan fingerprint density at radius 2 is 1.83 bits per heavy atom. The Balaban J connectivity index is 1.32. The first kappa shape index (κ1) is 30.2.